The van der Waals surface area contributed by atoms with E-state index in [1.807, 2.05) is 41.9 Å². The summed E-state index contributed by atoms with van der Waals surface area (Å²) in [6, 6.07) is 10.1. The molecule has 3 rings (SSSR count). The van der Waals surface area contributed by atoms with Gasteiger partial charge in [0, 0.05) is 25.3 Å². The lowest BCUT2D eigenvalue weighted by molar-refractivity contribution is 0.0951. The van der Waals surface area contributed by atoms with Crippen molar-refractivity contribution in [2.75, 3.05) is 5.32 Å². The number of aryl methyl sites for hydroxylation is 1. The molecule has 0 aliphatic carbocycles. The molecule has 0 unspecified atom stereocenters. The number of nitrogens with one attached hydrogen (secondary N) is 2. The quantitative estimate of drug-likeness (QED) is 0.667. The lowest BCUT2D eigenvalue weighted by Gasteiger charge is -2.21. The van der Waals surface area contributed by atoms with Gasteiger partial charge in [-0.3, -0.25) is 4.79 Å². The van der Waals surface area contributed by atoms with Gasteiger partial charge in [-0.25, -0.2) is 9.67 Å². The number of carbonyl (C=O) groups is 1. The van der Waals surface area contributed by atoms with Gasteiger partial charge >= 0.3 is 0 Å². The van der Waals surface area contributed by atoms with Crippen LogP contribution in [0.4, 0.5) is 5.69 Å². The first-order valence-corrected chi connectivity index (χ1v) is 9.44. The first kappa shape index (κ1) is 18.9. The molecule has 6 heteroatoms. The van der Waals surface area contributed by atoms with Crippen LogP contribution < -0.4 is 10.6 Å². The second kappa shape index (κ2) is 8.20. The number of anilines is 1. The van der Waals surface area contributed by atoms with Crippen LogP contribution in [-0.2, 0) is 13.1 Å². The van der Waals surface area contributed by atoms with Crippen LogP contribution in [0.25, 0.3) is 11.0 Å². The van der Waals surface area contributed by atoms with Crippen molar-refractivity contribution in [3.63, 3.8) is 0 Å². The number of benzene rings is 1. The van der Waals surface area contributed by atoms with E-state index in [1.54, 1.807) is 12.4 Å². The molecule has 0 fully saturated rings. The van der Waals surface area contributed by atoms with Crippen molar-refractivity contribution in [2.24, 2.45) is 5.92 Å². The molecule has 1 atom stereocenters. The Bertz CT molecular complexity index is 917. The minimum atomic E-state index is -0.143. The molecule has 0 spiro atoms. The van der Waals surface area contributed by atoms with E-state index in [9.17, 15) is 4.79 Å². The number of hydrogen-bond donors (Lipinski definition) is 2. The third-order valence-electron chi connectivity index (χ3n) is 4.88. The Labute approximate surface area is 160 Å². The van der Waals surface area contributed by atoms with Crippen molar-refractivity contribution in [3.05, 3.63) is 53.9 Å². The second-order valence-corrected chi connectivity index (χ2v) is 7.09. The molecule has 1 aromatic carbocycles. The lowest BCUT2D eigenvalue weighted by Crippen LogP contribution is -2.27. The molecule has 0 aliphatic heterocycles. The van der Waals surface area contributed by atoms with Crippen molar-refractivity contribution >= 4 is 22.6 Å². The van der Waals surface area contributed by atoms with Crippen LogP contribution in [0.3, 0.4) is 0 Å². The molecule has 3 aromatic rings. The summed E-state index contributed by atoms with van der Waals surface area (Å²) >= 11 is 0. The Hall–Kier alpha value is -2.89. The van der Waals surface area contributed by atoms with Crippen molar-refractivity contribution in [1.82, 2.24) is 20.1 Å². The highest BCUT2D eigenvalue weighted by Crippen LogP contribution is 2.27. The van der Waals surface area contributed by atoms with Gasteiger partial charge in [0.15, 0.2) is 5.65 Å². The van der Waals surface area contributed by atoms with E-state index in [4.69, 9.17) is 0 Å². The van der Waals surface area contributed by atoms with Crippen molar-refractivity contribution in [2.45, 2.75) is 46.8 Å². The average Bonchev–Trinajstić information content (AvgIpc) is 3.10. The first-order chi connectivity index (χ1) is 13.0. The Kier molecular flexibility index (Phi) is 5.74. The van der Waals surface area contributed by atoms with Crippen LogP contribution in [0.15, 0.2) is 42.7 Å². The number of nitrogens with zero attached hydrogens (tertiary/aromatic N) is 3. The smallest absolute Gasteiger partial charge is 0.255 e. The van der Waals surface area contributed by atoms with Gasteiger partial charge < -0.3 is 10.6 Å². The molecule has 0 saturated heterocycles. The SMILES string of the molecule is CCn1ncc2c(N[C@@H](C)C(C)C)c(C(=O)NCc3ccccc3)cnc21. The molecule has 2 heterocycles. The summed E-state index contributed by atoms with van der Waals surface area (Å²) in [7, 11) is 0. The van der Waals surface area contributed by atoms with Gasteiger partial charge in [0.2, 0.25) is 0 Å². The van der Waals surface area contributed by atoms with Gasteiger partial charge in [0.1, 0.15) is 0 Å². The number of fused-ring (bicyclic) bond motifs is 1. The molecule has 27 heavy (non-hydrogen) atoms. The zero-order chi connectivity index (χ0) is 19.4. The number of amides is 1. The van der Waals surface area contributed by atoms with E-state index in [0.29, 0.717) is 18.0 Å². The number of rotatable bonds is 7. The molecule has 1 amide bonds. The molecular weight excluding hydrogens is 338 g/mol. The summed E-state index contributed by atoms with van der Waals surface area (Å²) in [5.41, 5.74) is 3.19. The van der Waals surface area contributed by atoms with Crippen LogP contribution >= 0.6 is 0 Å². The van der Waals surface area contributed by atoms with Gasteiger partial charge in [-0.15, -0.1) is 0 Å². The highest BCUT2D eigenvalue weighted by molar-refractivity contribution is 6.06. The van der Waals surface area contributed by atoms with Crippen molar-refractivity contribution < 1.29 is 4.79 Å². The van der Waals surface area contributed by atoms with Crippen LogP contribution in [0, 0.1) is 5.92 Å². The summed E-state index contributed by atoms with van der Waals surface area (Å²) < 4.78 is 1.84. The van der Waals surface area contributed by atoms with E-state index >= 15 is 0 Å². The standard InChI is InChI=1S/C21H27N5O/c1-5-26-20-17(13-24-26)19(25-15(4)14(2)3)18(12-22-20)21(27)23-11-16-9-7-6-8-10-16/h6-10,12-15H,5,11H2,1-4H3,(H,22,25)(H,23,27)/t15-/m0/s1. The third kappa shape index (κ3) is 4.10. The highest BCUT2D eigenvalue weighted by Gasteiger charge is 2.20. The number of carbonyl (C=O) groups excluding carboxylic acids is 1. The maximum atomic E-state index is 12.9. The molecule has 0 radical (unpaired) electrons. The minimum absolute atomic E-state index is 0.143. The zero-order valence-electron chi connectivity index (χ0n) is 16.4. The maximum absolute atomic E-state index is 12.9. The first-order valence-electron chi connectivity index (χ1n) is 9.44. The van der Waals surface area contributed by atoms with Crippen LogP contribution in [-0.4, -0.2) is 26.7 Å². The average molecular weight is 365 g/mol. The fourth-order valence-corrected chi connectivity index (χ4v) is 2.85. The van der Waals surface area contributed by atoms with E-state index in [-0.39, 0.29) is 11.9 Å². The minimum Gasteiger partial charge on any atom is -0.381 e. The Balaban J connectivity index is 1.94. The topological polar surface area (TPSA) is 71.8 Å². The Morgan fingerprint density at radius 1 is 1.15 bits per heavy atom. The molecular formula is C21H27N5O. The Morgan fingerprint density at radius 2 is 1.89 bits per heavy atom. The molecule has 6 nitrogen and oxygen atoms in total. The van der Waals surface area contributed by atoms with Gasteiger partial charge in [0.05, 0.1) is 22.8 Å². The van der Waals surface area contributed by atoms with Crippen LogP contribution in [0.5, 0.6) is 0 Å². The number of hydrogen-bond acceptors (Lipinski definition) is 4. The predicted molar refractivity (Wildman–Crippen MR) is 109 cm³/mol. The van der Waals surface area contributed by atoms with Gasteiger partial charge in [-0.1, -0.05) is 44.2 Å². The summed E-state index contributed by atoms with van der Waals surface area (Å²) in [4.78, 5) is 17.4. The summed E-state index contributed by atoms with van der Waals surface area (Å²) in [5, 5.41) is 11.8. The predicted octanol–water partition coefficient (Wildman–Crippen LogP) is 3.84. The van der Waals surface area contributed by atoms with E-state index in [0.717, 1.165) is 28.8 Å². The Morgan fingerprint density at radius 3 is 2.56 bits per heavy atom. The van der Waals surface area contributed by atoms with Crippen molar-refractivity contribution in [1.29, 1.82) is 0 Å². The maximum Gasteiger partial charge on any atom is 0.255 e. The molecule has 0 aliphatic rings. The van der Waals surface area contributed by atoms with Crippen LogP contribution in [0.1, 0.15) is 43.6 Å². The van der Waals surface area contributed by atoms with Gasteiger partial charge in [0.25, 0.3) is 5.91 Å². The monoisotopic (exact) mass is 365 g/mol. The zero-order valence-corrected chi connectivity index (χ0v) is 16.4. The molecule has 142 valence electrons. The van der Waals surface area contributed by atoms with Gasteiger partial charge in [-0.2, -0.15) is 5.10 Å². The largest absolute Gasteiger partial charge is 0.381 e. The van der Waals surface area contributed by atoms with Gasteiger partial charge in [-0.05, 0) is 25.3 Å². The summed E-state index contributed by atoms with van der Waals surface area (Å²) in [6.07, 6.45) is 3.43. The summed E-state index contributed by atoms with van der Waals surface area (Å²) in [6.45, 7) is 9.66. The van der Waals surface area contributed by atoms with E-state index in [1.165, 1.54) is 0 Å². The fourth-order valence-electron chi connectivity index (χ4n) is 2.85. The highest BCUT2D eigenvalue weighted by atomic mass is 16.1. The second-order valence-electron chi connectivity index (χ2n) is 7.09. The lowest BCUT2D eigenvalue weighted by atomic mass is 10.0. The molecule has 2 N–H and O–H groups in total. The van der Waals surface area contributed by atoms with Crippen molar-refractivity contribution in [3.8, 4) is 0 Å². The van der Waals surface area contributed by atoms with E-state index < -0.39 is 0 Å². The molecule has 0 saturated carbocycles. The third-order valence-corrected chi connectivity index (χ3v) is 4.88. The molecule has 2 aromatic heterocycles. The van der Waals surface area contributed by atoms with Crippen LogP contribution in [0.2, 0.25) is 0 Å². The summed E-state index contributed by atoms with van der Waals surface area (Å²) in [5.74, 6) is 0.283. The van der Waals surface area contributed by atoms with E-state index in [2.05, 4.69) is 41.5 Å². The molecule has 0 bridgehead atoms. The fraction of sp³-hybridized carbons (Fsp3) is 0.381. The number of pyridine rings is 1. The number of aromatic nitrogens is 3. The normalized spacial score (nSPS) is 12.3.